The summed E-state index contributed by atoms with van der Waals surface area (Å²) >= 11 is 6.10. The Labute approximate surface area is 118 Å². The third-order valence-electron chi connectivity index (χ3n) is 3.35. The number of hydrogen-bond donors (Lipinski definition) is 2. The Hall–Kier alpha value is -1.26. The number of ether oxygens (including phenoxy) is 1. The van der Waals surface area contributed by atoms with Crippen LogP contribution in [0.15, 0.2) is 18.2 Å². The third-order valence-corrected chi connectivity index (χ3v) is 3.64. The first-order chi connectivity index (χ1) is 9.05. The van der Waals surface area contributed by atoms with Crippen LogP contribution in [0.5, 0.6) is 5.75 Å². The predicted molar refractivity (Wildman–Crippen MR) is 76.6 cm³/mol. The van der Waals surface area contributed by atoms with Gasteiger partial charge in [0.2, 0.25) is 5.91 Å². The Morgan fingerprint density at radius 1 is 1.53 bits per heavy atom. The molecule has 0 atom stereocenters. The van der Waals surface area contributed by atoms with Crippen molar-refractivity contribution >= 4 is 23.2 Å². The van der Waals surface area contributed by atoms with Gasteiger partial charge >= 0.3 is 0 Å². The minimum absolute atomic E-state index is 0.142. The Morgan fingerprint density at radius 3 is 2.79 bits per heavy atom. The van der Waals surface area contributed by atoms with Crippen molar-refractivity contribution in [3.8, 4) is 5.75 Å². The quantitative estimate of drug-likeness (QED) is 0.873. The van der Waals surface area contributed by atoms with Crippen LogP contribution in [0.1, 0.15) is 32.6 Å². The van der Waals surface area contributed by atoms with E-state index in [2.05, 4.69) is 5.32 Å². The van der Waals surface area contributed by atoms with Gasteiger partial charge in [0.05, 0.1) is 17.2 Å². The van der Waals surface area contributed by atoms with Crippen molar-refractivity contribution in [2.45, 2.75) is 38.1 Å². The van der Waals surface area contributed by atoms with Crippen molar-refractivity contribution in [3.63, 3.8) is 0 Å². The Kier molecular flexibility index (Phi) is 4.32. The van der Waals surface area contributed by atoms with Crippen LogP contribution in [0, 0.1) is 0 Å². The van der Waals surface area contributed by atoms with Crippen LogP contribution in [0.3, 0.4) is 0 Å². The number of rotatable bonds is 5. The summed E-state index contributed by atoms with van der Waals surface area (Å²) in [6.07, 6.45) is 3.41. The molecule has 0 saturated heterocycles. The van der Waals surface area contributed by atoms with Crippen molar-refractivity contribution in [1.29, 1.82) is 0 Å². The normalized spacial score (nSPS) is 16.6. The van der Waals surface area contributed by atoms with E-state index in [-0.39, 0.29) is 5.91 Å². The predicted octanol–water partition coefficient (Wildman–Crippen LogP) is 2.95. The first kappa shape index (κ1) is 14.2. The van der Waals surface area contributed by atoms with Crippen LogP contribution in [0.25, 0.3) is 0 Å². The summed E-state index contributed by atoms with van der Waals surface area (Å²) < 4.78 is 5.48. The summed E-state index contributed by atoms with van der Waals surface area (Å²) in [5, 5.41) is 3.30. The molecule has 1 aliphatic carbocycles. The molecule has 5 heteroatoms. The summed E-state index contributed by atoms with van der Waals surface area (Å²) in [7, 11) is 0. The van der Waals surface area contributed by atoms with Crippen LogP contribution >= 0.6 is 11.6 Å². The smallest absolute Gasteiger partial charge is 0.244 e. The van der Waals surface area contributed by atoms with Gasteiger partial charge in [-0.3, -0.25) is 4.79 Å². The summed E-state index contributed by atoms with van der Waals surface area (Å²) in [5.41, 5.74) is 5.90. The molecule has 1 amide bonds. The lowest BCUT2D eigenvalue weighted by atomic mass is 9.77. The minimum atomic E-state index is -0.705. The Morgan fingerprint density at radius 2 is 2.26 bits per heavy atom. The molecule has 0 bridgehead atoms. The number of nitrogens with two attached hydrogens (primary N) is 1. The molecular formula is C14H19ClN2O2. The average molecular weight is 283 g/mol. The van der Waals surface area contributed by atoms with Gasteiger partial charge in [0.15, 0.2) is 0 Å². The first-order valence-corrected chi connectivity index (χ1v) is 6.95. The lowest BCUT2D eigenvalue weighted by Gasteiger charge is -2.36. The van der Waals surface area contributed by atoms with Crippen LogP contribution in [0.4, 0.5) is 5.69 Å². The molecule has 0 radical (unpaired) electrons. The monoisotopic (exact) mass is 282 g/mol. The second kappa shape index (κ2) is 5.80. The molecule has 1 aliphatic rings. The van der Waals surface area contributed by atoms with Crippen molar-refractivity contribution in [2.75, 3.05) is 11.9 Å². The molecule has 1 fully saturated rings. The maximum atomic E-state index is 12.0. The topological polar surface area (TPSA) is 64.3 Å². The zero-order valence-corrected chi connectivity index (χ0v) is 11.8. The molecule has 1 saturated carbocycles. The Balaban J connectivity index is 2.01. The van der Waals surface area contributed by atoms with Gasteiger partial charge in [-0.2, -0.15) is 0 Å². The van der Waals surface area contributed by atoms with E-state index in [9.17, 15) is 4.79 Å². The number of anilines is 1. The zero-order valence-electron chi connectivity index (χ0n) is 11.0. The SMILES string of the molecule is CCCOc1ccc(NC(=O)C2(N)CCC2)cc1Cl. The van der Waals surface area contributed by atoms with E-state index >= 15 is 0 Å². The highest BCUT2D eigenvalue weighted by Gasteiger charge is 2.40. The molecular weight excluding hydrogens is 264 g/mol. The fourth-order valence-corrected chi connectivity index (χ4v) is 2.18. The van der Waals surface area contributed by atoms with Crippen molar-refractivity contribution < 1.29 is 9.53 Å². The third kappa shape index (κ3) is 3.19. The second-order valence-electron chi connectivity index (χ2n) is 4.96. The highest BCUT2D eigenvalue weighted by molar-refractivity contribution is 6.32. The number of halogens is 1. The summed E-state index contributed by atoms with van der Waals surface area (Å²) in [6.45, 7) is 2.65. The average Bonchev–Trinajstić information content (AvgIpc) is 2.35. The highest BCUT2D eigenvalue weighted by atomic mass is 35.5. The van der Waals surface area contributed by atoms with Gasteiger partial charge in [0.1, 0.15) is 5.75 Å². The summed E-state index contributed by atoms with van der Waals surface area (Å²) in [5.74, 6) is 0.490. The van der Waals surface area contributed by atoms with Gasteiger partial charge in [0.25, 0.3) is 0 Å². The van der Waals surface area contributed by atoms with Crippen LogP contribution in [-0.4, -0.2) is 18.1 Å². The molecule has 0 aromatic heterocycles. The highest BCUT2D eigenvalue weighted by Crippen LogP contribution is 2.32. The molecule has 4 nitrogen and oxygen atoms in total. The maximum Gasteiger partial charge on any atom is 0.244 e. The standard InChI is InChI=1S/C14H19ClN2O2/c1-2-8-19-12-5-4-10(9-11(12)15)17-13(18)14(16)6-3-7-14/h4-5,9H,2-3,6-8,16H2,1H3,(H,17,18). The number of carbonyl (C=O) groups excluding carboxylic acids is 1. The number of benzene rings is 1. The van der Waals surface area contributed by atoms with Gasteiger partial charge in [0, 0.05) is 5.69 Å². The van der Waals surface area contributed by atoms with E-state index < -0.39 is 5.54 Å². The van der Waals surface area contributed by atoms with Gasteiger partial charge in [-0.05, 0) is 43.9 Å². The Bertz CT molecular complexity index is 473. The first-order valence-electron chi connectivity index (χ1n) is 6.58. The largest absolute Gasteiger partial charge is 0.492 e. The van der Waals surface area contributed by atoms with E-state index in [0.29, 0.717) is 23.1 Å². The lowest BCUT2D eigenvalue weighted by molar-refractivity contribution is -0.123. The fraction of sp³-hybridized carbons (Fsp3) is 0.500. The van der Waals surface area contributed by atoms with E-state index in [1.807, 2.05) is 6.92 Å². The fourth-order valence-electron chi connectivity index (χ4n) is 1.95. The second-order valence-corrected chi connectivity index (χ2v) is 5.36. The van der Waals surface area contributed by atoms with Gasteiger partial charge < -0.3 is 15.8 Å². The van der Waals surface area contributed by atoms with E-state index in [0.717, 1.165) is 25.7 Å². The van der Waals surface area contributed by atoms with E-state index in [4.69, 9.17) is 22.1 Å². The lowest BCUT2D eigenvalue weighted by Crippen LogP contribution is -2.56. The van der Waals surface area contributed by atoms with Crippen molar-refractivity contribution in [3.05, 3.63) is 23.2 Å². The zero-order chi connectivity index (χ0) is 13.9. The summed E-state index contributed by atoms with van der Waals surface area (Å²) in [4.78, 5) is 12.0. The molecule has 1 aromatic rings. The molecule has 2 rings (SSSR count). The minimum Gasteiger partial charge on any atom is -0.492 e. The van der Waals surface area contributed by atoms with E-state index in [1.54, 1.807) is 18.2 Å². The molecule has 0 aliphatic heterocycles. The van der Waals surface area contributed by atoms with E-state index in [1.165, 1.54) is 0 Å². The molecule has 0 unspecified atom stereocenters. The molecule has 0 heterocycles. The number of hydrogen-bond acceptors (Lipinski definition) is 3. The van der Waals surface area contributed by atoms with Gasteiger partial charge in [-0.25, -0.2) is 0 Å². The van der Waals surface area contributed by atoms with Crippen molar-refractivity contribution in [1.82, 2.24) is 0 Å². The van der Waals surface area contributed by atoms with Crippen LogP contribution in [0.2, 0.25) is 5.02 Å². The van der Waals surface area contributed by atoms with Gasteiger partial charge in [-0.15, -0.1) is 0 Å². The van der Waals surface area contributed by atoms with Crippen LogP contribution < -0.4 is 15.8 Å². The van der Waals surface area contributed by atoms with Crippen molar-refractivity contribution in [2.24, 2.45) is 5.73 Å². The number of carbonyl (C=O) groups is 1. The molecule has 0 spiro atoms. The molecule has 1 aromatic carbocycles. The summed E-state index contributed by atoms with van der Waals surface area (Å²) in [6, 6.07) is 5.22. The number of nitrogens with one attached hydrogen (secondary N) is 1. The number of amides is 1. The maximum absolute atomic E-state index is 12.0. The van der Waals surface area contributed by atoms with Gasteiger partial charge in [-0.1, -0.05) is 18.5 Å². The van der Waals surface area contributed by atoms with Crippen LogP contribution in [-0.2, 0) is 4.79 Å². The molecule has 19 heavy (non-hydrogen) atoms. The molecule has 3 N–H and O–H groups in total. The molecule has 104 valence electrons.